The van der Waals surface area contributed by atoms with Crippen LogP contribution in [0.5, 0.6) is 5.75 Å². The summed E-state index contributed by atoms with van der Waals surface area (Å²) >= 11 is 0. The minimum Gasteiger partial charge on any atom is -0.482 e. The van der Waals surface area contributed by atoms with E-state index in [4.69, 9.17) is 4.74 Å². The van der Waals surface area contributed by atoms with Crippen LogP contribution in [-0.2, 0) is 15.0 Å². The number of nitrogens with zero attached hydrogens (tertiary/aromatic N) is 1. The maximum Gasteiger partial charge on any atom is 0.279 e. The monoisotopic (exact) mass is 339 g/mol. The molecule has 1 aromatic carbocycles. The van der Waals surface area contributed by atoms with Crippen LogP contribution >= 0.6 is 0 Å². The summed E-state index contributed by atoms with van der Waals surface area (Å²) in [5.41, 5.74) is 1.35. The van der Waals surface area contributed by atoms with Crippen LogP contribution in [0.15, 0.2) is 18.2 Å². The summed E-state index contributed by atoms with van der Waals surface area (Å²) in [4.78, 5) is 11.4. The minimum atomic E-state index is -3.50. The van der Waals surface area contributed by atoms with Crippen LogP contribution in [0.4, 0.5) is 5.69 Å². The summed E-state index contributed by atoms with van der Waals surface area (Å²) in [7, 11) is -3.50. The second kappa shape index (κ2) is 6.46. The molecule has 1 fully saturated rings. The highest BCUT2D eigenvalue weighted by Crippen LogP contribution is 2.30. The number of benzene rings is 1. The molecule has 2 aliphatic heterocycles. The summed E-state index contributed by atoms with van der Waals surface area (Å²) < 4.78 is 34.4. The summed E-state index contributed by atoms with van der Waals surface area (Å²) in [6.07, 6.45) is 2.88. The van der Waals surface area contributed by atoms with Crippen LogP contribution in [0.1, 0.15) is 37.8 Å². The molecule has 23 heavy (non-hydrogen) atoms. The molecule has 1 aromatic rings. The summed E-state index contributed by atoms with van der Waals surface area (Å²) in [6.45, 7) is 2.92. The molecule has 7 nitrogen and oxygen atoms in total. The van der Waals surface area contributed by atoms with Crippen molar-refractivity contribution in [2.75, 3.05) is 25.0 Å². The number of carbonyl (C=O) groups excluding carboxylic acids is 1. The minimum absolute atomic E-state index is 0.00346. The van der Waals surface area contributed by atoms with E-state index < -0.39 is 16.3 Å². The Morgan fingerprint density at radius 1 is 1.26 bits per heavy atom. The van der Waals surface area contributed by atoms with Gasteiger partial charge in [0.05, 0.1) is 5.69 Å². The van der Waals surface area contributed by atoms with Gasteiger partial charge in [0.1, 0.15) is 5.75 Å². The first-order chi connectivity index (χ1) is 11.0. The number of anilines is 1. The molecule has 8 heteroatoms. The van der Waals surface area contributed by atoms with Gasteiger partial charge in [-0.15, -0.1) is 0 Å². The van der Waals surface area contributed by atoms with Crippen LogP contribution in [0.3, 0.4) is 0 Å². The van der Waals surface area contributed by atoms with Gasteiger partial charge in [-0.25, -0.2) is 0 Å². The number of fused-ring (bicyclic) bond motifs is 1. The summed E-state index contributed by atoms with van der Waals surface area (Å²) in [5.74, 6) is 0.385. The molecule has 3 rings (SSSR count). The first-order valence-electron chi connectivity index (χ1n) is 7.80. The Bertz CT molecular complexity index is 699. The van der Waals surface area contributed by atoms with Crippen LogP contribution in [-0.4, -0.2) is 38.3 Å². The topological polar surface area (TPSA) is 87.7 Å². The molecule has 1 unspecified atom stereocenters. The normalized spacial score (nSPS) is 20.3. The number of hydrogen-bond donors (Lipinski definition) is 2. The number of piperidine rings is 1. The van der Waals surface area contributed by atoms with Crippen molar-refractivity contribution in [1.82, 2.24) is 9.03 Å². The van der Waals surface area contributed by atoms with E-state index in [1.165, 1.54) is 4.31 Å². The van der Waals surface area contributed by atoms with Crippen molar-refractivity contribution in [3.63, 3.8) is 0 Å². The van der Waals surface area contributed by atoms with E-state index in [9.17, 15) is 13.2 Å². The third-order valence-corrected chi connectivity index (χ3v) is 5.81. The zero-order valence-corrected chi connectivity index (χ0v) is 13.9. The number of amides is 1. The van der Waals surface area contributed by atoms with E-state index in [-0.39, 0.29) is 12.5 Å². The molecule has 1 amide bonds. The van der Waals surface area contributed by atoms with Crippen LogP contribution in [0.25, 0.3) is 0 Å². The van der Waals surface area contributed by atoms with Crippen molar-refractivity contribution in [3.8, 4) is 5.75 Å². The molecule has 2 aliphatic rings. The first kappa shape index (κ1) is 16.2. The van der Waals surface area contributed by atoms with Gasteiger partial charge < -0.3 is 10.1 Å². The standard InChI is InChI=1S/C15H21N3O4S/c1-11(17-23(20,21)18-7-3-2-4-8-18)12-5-6-14-13(9-12)16-15(19)10-22-14/h5-6,9,11,17H,2-4,7-8,10H2,1H3,(H,16,19). The maximum absolute atomic E-state index is 12.4. The Morgan fingerprint density at radius 3 is 2.74 bits per heavy atom. The van der Waals surface area contributed by atoms with Crippen molar-refractivity contribution in [2.24, 2.45) is 0 Å². The van der Waals surface area contributed by atoms with Gasteiger partial charge in [0.2, 0.25) is 0 Å². The Kier molecular flexibility index (Phi) is 4.56. The molecule has 0 saturated carbocycles. The van der Waals surface area contributed by atoms with Crippen molar-refractivity contribution in [3.05, 3.63) is 23.8 Å². The molecular weight excluding hydrogens is 318 g/mol. The quantitative estimate of drug-likeness (QED) is 0.868. The predicted molar refractivity (Wildman–Crippen MR) is 86.5 cm³/mol. The zero-order valence-electron chi connectivity index (χ0n) is 13.0. The Balaban J connectivity index is 1.74. The van der Waals surface area contributed by atoms with Gasteiger partial charge in [0, 0.05) is 19.1 Å². The molecule has 2 N–H and O–H groups in total. The largest absolute Gasteiger partial charge is 0.482 e. The SMILES string of the molecule is CC(NS(=O)(=O)N1CCCCC1)c1ccc2c(c1)NC(=O)CO2. The van der Waals surface area contributed by atoms with E-state index in [2.05, 4.69) is 10.0 Å². The van der Waals surface area contributed by atoms with Crippen LogP contribution in [0, 0.1) is 0 Å². The lowest BCUT2D eigenvalue weighted by molar-refractivity contribution is -0.118. The third kappa shape index (κ3) is 3.65. The molecule has 0 spiro atoms. The molecule has 0 aliphatic carbocycles. The van der Waals surface area contributed by atoms with Crippen molar-refractivity contribution >= 4 is 21.8 Å². The average Bonchev–Trinajstić information content (AvgIpc) is 2.54. The fraction of sp³-hybridized carbons (Fsp3) is 0.533. The molecule has 0 aromatic heterocycles. The number of hydrogen-bond acceptors (Lipinski definition) is 4. The lowest BCUT2D eigenvalue weighted by Gasteiger charge is -2.28. The van der Waals surface area contributed by atoms with E-state index in [1.807, 2.05) is 0 Å². The van der Waals surface area contributed by atoms with E-state index in [0.717, 1.165) is 24.8 Å². The first-order valence-corrected chi connectivity index (χ1v) is 9.24. The summed E-state index contributed by atoms with van der Waals surface area (Å²) in [6, 6.07) is 4.90. The number of ether oxygens (including phenoxy) is 1. The van der Waals surface area contributed by atoms with Gasteiger partial charge in [0.15, 0.2) is 6.61 Å². The van der Waals surface area contributed by atoms with Crippen LogP contribution < -0.4 is 14.8 Å². The third-order valence-electron chi connectivity index (χ3n) is 4.12. The highest BCUT2D eigenvalue weighted by Gasteiger charge is 2.26. The Labute approximate surface area is 136 Å². The van der Waals surface area contributed by atoms with Crippen molar-refractivity contribution < 1.29 is 17.9 Å². The van der Waals surface area contributed by atoms with Gasteiger partial charge in [-0.05, 0) is 37.5 Å². The number of carbonyl (C=O) groups is 1. The summed E-state index contributed by atoms with van der Waals surface area (Å²) in [5, 5.41) is 2.73. The van der Waals surface area contributed by atoms with Gasteiger partial charge in [-0.3, -0.25) is 4.79 Å². The smallest absolute Gasteiger partial charge is 0.279 e. The second-order valence-electron chi connectivity index (χ2n) is 5.90. The second-order valence-corrected chi connectivity index (χ2v) is 7.60. The predicted octanol–water partition coefficient (Wildman–Crippen LogP) is 1.40. The van der Waals surface area contributed by atoms with Gasteiger partial charge in [0.25, 0.3) is 16.1 Å². The van der Waals surface area contributed by atoms with Crippen molar-refractivity contribution in [2.45, 2.75) is 32.2 Å². The number of rotatable bonds is 4. The average molecular weight is 339 g/mol. The lowest BCUT2D eigenvalue weighted by atomic mass is 10.1. The molecule has 1 atom stereocenters. The molecule has 1 saturated heterocycles. The molecule has 0 bridgehead atoms. The fourth-order valence-corrected chi connectivity index (χ4v) is 4.31. The van der Waals surface area contributed by atoms with E-state index >= 15 is 0 Å². The van der Waals surface area contributed by atoms with Crippen molar-refractivity contribution in [1.29, 1.82) is 0 Å². The molecule has 0 radical (unpaired) electrons. The van der Waals surface area contributed by atoms with Crippen LogP contribution in [0.2, 0.25) is 0 Å². The van der Waals surface area contributed by atoms with Gasteiger partial charge >= 0.3 is 0 Å². The number of nitrogens with one attached hydrogen (secondary N) is 2. The van der Waals surface area contributed by atoms with E-state index in [1.54, 1.807) is 25.1 Å². The molecule has 2 heterocycles. The van der Waals surface area contributed by atoms with Gasteiger partial charge in [-0.2, -0.15) is 17.4 Å². The fourth-order valence-electron chi connectivity index (χ4n) is 2.84. The molecular formula is C15H21N3O4S. The van der Waals surface area contributed by atoms with E-state index in [0.29, 0.717) is 24.5 Å². The van der Waals surface area contributed by atoms with Gasteiger partial charge in [-0.1, -0.05) is 12.5 Å². The highest BCUT2D eigenvalue weighted by molar-refractivity contribution is 7.87. The maximum atomic E-state index is 12.4. The molecule has 126 valence electrons. The highest BCUT2D eigenvalue weighted by atomic mass is 32.2. The Hall–Kier alpha value is -1.64. The Morgan fingerprint density at radius 2 is 2.00 bits per heavy atom. The lowest BCUT2D eigenvalue weighted by Crippen LogP contribution is -2.44. The zero-order chi connectivity index (χ0) is 16.4.